The molecule has 0 aliphatic heterocycles. The molecule has 0 radical (unpaired) electrons. The number of hydrogen-bond donors (Lipinski definition) is 2. The van der Waals surface area contributed by atoms with E-state index in [1.54, 1.807) is 12.1 Å². The number of carbonyl (C=O) groups excluding carboxylic acids is 1. The third kappa shape index (κ3) is 5.37. The van der Waals surface area contributed by atoms with Gasteiger partial charge in [-0.1, -0.05) is 19.8 Å². The largest absolute Gasteiger partial charge is 0.494 e. The van der Waals surface area contributed by atoms with Crippen LogP contribution in [0.25, 0.3) is 0 Å². The maximum absolute atomic E-state index is 12.7. The SMILES string of the molecule is CCCCCOc1ccc(C(=O)Nc2cc(C(F)(F)F)c[nH]c2=O)cc1. The predicted octanol–water partition coefficient (Wildman–Crippen LogP) is 4.22. The van der Waals surface area contributed by atoms with Gasteiger partial charge < -0.3 is 15.0 Å². The molecule has 0 saturated carbocycles. The Morgan fingerprint density at radius 3 is 2.50 bits per heavy atom. The molecule has 2 aromatic rings. The molecular weight excluding hydrogens is 349 g/mol. The number of H-pyrrole nitrogens is 1. The lowest BCUT2D eigenvalue weighted by atomic mass is 10.2. The number of halogens is 3. The lowest BCUT2D eigenvalue weighted by Gasteiger charge is -2.10. The summed E-state index contributed by atoms with van der Waals surface area (Å²) in [6, 6.07) is 6.75. The minimum absolute atomic E-state index is 0.197. The molecule has 5 nitrogen and oxygen atoms in total. The van der Waals surface area contributed by atoms with E-state index in [2.05, 4.69) is 12.2 Å². The van der Waals surface area contributed by atoms with Crippen molar-refractivity contribution in [3.05, 3.63) is 58.0 Å². The molecule has 0 aliphatic rings. The van der Waals surface area contributed by atoms with E-state index >= 15 is 0 Å². The fraction of sp³-hybridized carbons (Fsp3) is 0.333. The van der Waals surface area contributed by atoms with Crippen LogP contribution in [0.5, 0.6) is 5.75 Å². The van der Waals surface area contributed by atoms with Crippen LogP contribution >= 0.6 is 0 Å². The van der Waals surface area contributed by atoms with Gasteiger partial charge in [-0.05, 0) is 36.8 Å². The van der Waals surface area contributed by atoms with E-state index in [9.17, 15) is 22.8 Å². The fourth-order valence-electron chi connectivity index (χ4n) is 2.18. The molecule has 2 N–H and O–H groups in total. The number of ether oxygens (including phenoxy) is 1. The first-order valence-electron chi connectivity index (χ1n) is 8.15. The van der Waals surface area contributed by atoms with E-state index in [0.717, 1.165) is 19.3 Å². The second-order valence-corrected chi connectivity index (χ2v) is 5.66. The zero-order valence-corrected chi connectivity index (χ0v) is 14.2. The number of anilines is 1. The molecule has 0 bridgehead atoms. The smallest absolute Gasteiger partial charge is 0.417 e. The first-order valence-corrected chi connectivity index (χ1v) is 8.15. The van der Waals surface area contributed by atoms with E-state index in [0.29, 0.717) is 24.6 Å². The van der Waals surface area contributed by atoms with Gasteiger partial charge in [0.15, 0.2) is 0 Å². The Morgan fingerprint density at radius 1 is 1.19 bits per heavy atom. The maximum atomic E-state index is 12.7. The Labute approximate surface area is 148 Å². The van der Waals surface area contributed by atoms with Gasteiger partial charge in [-0.3, -0.25) is 9.59 Å². The molecule has 0 spiro atoms. The molecule has 2 rings (SSSR count). The summed E-state index contributed by atoms with van der Waals surface area (Å²) in [6.45, 7) is 2.65. The molecule has 0 saturated heterocycles. The van der Waals surface area contributed by atoms with Crippen molar-refractivity contribution in [1.29, 1.82) is 0 Å². The number of amides is 1. The first kappa shape index (κ1) is 19.6. The minimum Gasteiger partial charge on any atom is -0.494 e. The van der Waals surface area contributed by atoms with E-state index in [4.69, 9.17) is 4.74 Å². The van der Waals surface area contributed by atoms with Gasteiger partial charge in [-0.25, -0.2) is 0 Å². The Morgan fingerprint density at radius 2 is 1.88 bits per heavy atom. The van der Waals surface area contributed by atoms with Crippen molar-refractivity contribution in [2.24, 2.45) is 0 Å². The Hall–Kier alpha value is -2.77. The highest BCUT2D eigenvalue weighted by atomic mass is 19.4. The molecule has 0 unspecified atom stereocenters. The van der Waals surface area contributed by atoms with E-state index < -0.39 is 28.9 Å². The van der Waals surface area contributed by atoms with Gasteiger partial charge in [0, 0.05) is 11.8 Å². The zero-order chi connectivity index (χ0) is 19.2. The molecule has 0 fully saturated rings. The lowest BCUT2D eigenvalue weighted by Crippen LogP contribution is -2.21. The highest BCUT2D eigenvalue weighted by Gasteiger charge is 2.31. The number of carbonyl (C=O) groups is 1. The topological polar surface area (TPSA) is 71.2 Å². The number of alkyl halides is 3. The highest BCUT2D eigenvalue weighted by Crippen LogP contribution is 2.29. The molecule has 8 heteroatoms. The number of unbranched alkanes of at least 4 members (excludes halogenated alkanes) is 2. The maximum Gasteiger partial charge on any atom is 0.417 e. The average Bonchev–Trinajstić information content (AvgIpc) is 2.60. The monoisotopic (exact) mass is 368 g/mol. The average molecular weight is 368 g/mol. The van der Waals surface area contributed by atoms with Crippen molar-refractivity contribution in [3.63, 3.8) is 0 Å². The fourth-order valence-corrected chi connectivity index (χ4v) is 2.18. The van der Waals surface area contributed by atoms with Gasteiger partial charge in [0.25, 0.3) is 11.5 Å². The van der Waals surface area contributed by atoms with Crippen LogP contribution in [0.3, 0.4) is 0 Å². The van der Waals surface area contributed by atoms with Gasteiger partial charge in [0.1, 0.15) is 11.4 Å². The lowest BCUT2D eigenvalue weighted by molar-refractivity contribution is -0.137. The molecule has 1 aromatic heterocycles. The second-order valence-electron chi connectivity index (χ2n) is 5.66. The van der Waals surface area contributed by atoms with Gasteiger partial charge in [-0.15, -0.1) is 0 Å². The Bertz CT molecular complexity index is 799. The summed E-state index contributed by atoms with van der Waals surface area (Å²) in [5.41, 5.74) is -2.14. The second kappa shape index (κ2) is 8.55. The minimum atomic E-state index is -4.62. The number of rotatable bonds is 7. The van der Waals surface area contributed by atoms with Crippen molar-refractivity contribution in [2.75, 3.05) is 11.9 Å². The summed E-state index contributed by atoms with van der Waals surface area (Å²) in [4.78, 5) is 25.7. The normalized spacial score (nSPS) is 11.2. The number of pyridine rings is 1. The molecule has 1 aromatic carbocycles. The summed E-state index contributed by atoms with van der Waals surface area (Å²) in [7, 11) is 0. The Balaban J connectivity index is 2.05. The summed E-state index contributed by atoms with van der Waals surface area (Å²) in [5, 5.41) is 2.19. The summed E-state index contributed by atoms with van der Waals surface area (Å²) >= 11 is 0. The van der Waals surface area contributed by atoms with Crippen LogP contribution in [0.2, 0.25) is 0 Å². The van der Waals surface area contributed by atoms with Gasteiger partial charge in [0.05, 0.1) is 12.2 Å². The number of aromatic amines is 1. The summed E-state index contributed by atoms with van der Waals surface area (Å²) < 4.78 is 43.6. The van der Waals surface area contributed by atoms with E-state index in [1.807, 2.05) is 4.98 Å². The molecule has 1 heterocycles. The number of aromatic nitrogens is 1. The van der Waals surface area contributed by atoms with Crippen LogP contribution in [0.15, 0.2) is 41.3 Å². The predicted molar refractivity (Wildman–Crippen MR) is 91.5 cm³/mol. The molecule has 0 aliphatic carbocycles. The zero-order valence-electron chi connectivity index (χ0n) is 14.2. The number of nitrogens with one attached hydrogen (secondary N) is 2. The van der Waals surface area contributed by atoms with E-state index in [-0.39, 0.29) is 5.56 Å². The first-order chi connectivity index (χ1) is 12.3. The van der Waals surface area contributed by atoms with Crippen LogP contribution in [0.1, 0.15) is 42.1 Å². The van der Waals surface area contributed by atoms with Crippen molar-refractivity contribution >= 4 is 11.6 Å². The highest BCUT2D eigenvalue weighted by molar-refractivity contribution is 6.04. The quantitative estimate of drug-likeness (QED) is 0.719. The van der Waals surface area contributed by atoms with Crippen LogP contribution in [0.4, 0.5) is 18.9 Å². The van der Waals surface area contributed by atoms with Crippen molar-refractivity contribution in [1.82, 2.24) is 4.98 Å². The molecule has 140 valence electrons. The third-order valence-electron chi connectivity index (χ3n) is 3.61. The van der Waals surface area contributed by atoms with E-state index in [1.165, 1.54) is 12.1 Å². The van der Waals surface area contributed by atoms with Crippen molar-refractivity contribution in [3.8, 4) is 5.75 Å². The van der Waals surface area contributed by atoms with Gasteiger partial charge in [-0.2, -0.15) is 13.2 Å². The molecule has 1 amide bonds. The number of hydrogen-bond acceptors (Lipinski definition) is 3. The molecular formula is C18H19F3N2O3. The van der Waals surface area contributed by atoms with Crippen LogP contribution in [0, 0.1) is 0 Å². The van der Waals surface area contributed by atoms with Crippen LogP contribution < -0.4 is 15.6 Å². The van der Waals surface area contributed by atoms with Gasteiger partial charge >= 0.3 is 6.18 Å². The Kier molecular flexibility index (Phi) is 6.43. The standard InChI is InChI=1S/C18H19F3N2O3/c1-2-3-4-9-26-14-7-5-12(6-8-14)16(24)23-15-10-13(18(19,20)21)11-22-17(15)25/h5-8,10-11H,2-4,9H2,1H3,(H,22,25)(H,23,24). The van der Waals surface area contributed by atoms with Gasteiger partial charge in [0.2, 0.25) is 0 Å². The number of benzene rings is 1. The van der Waals surface area contributed by atoms with Crippen molar-refractivity contribution < 1.29 is 22.7 Å². The third-order valence-corrected chi connectivity index (χ3v) is 3.61. The summed E-state index contributed by atoms with van der Waals surface area (Å²) in [5.74, 6) is -0.0954. The molecule has 26 heavy (non-hydrogen) atoms. The summed E-state index contributed by atoms with van der Waals surface area (Å²) in [6.07, 6.45) is -0.997. The van der Waals surface area contributed by atoms with Crippen LogP contribution in [-0.2, 0) is 6.18 Å². The van der Waals surface area contributed by atoms with Crippen LogP contribution in [-0.4, -0.2) is 17.5 Å². The molecule has 0 atom stereocenters. The van der Waals surface area contributed by atoms with Crippen molar-refractivity contribution in [2.45, 2.75) is 32.4 Å².